The van der Waals surface area contributed by atoms with Gasteiger partial charge in [-0.15, -0.1) is 0 Å². The van der Waals surface area contributed by atoms with Crippen LogP contribution >= 0.6 is 11.6 Å². The molecule has 3 aromatic rings. The predicted molar refractivity (Wildman–Crippen MR) is 88.5 cm³/mol. The quantitative estimate of drug-likeness (QED) is 0.767. The summed E-state index contributed by atoms with van der Waals surface area (Å²) in [6.07, 6.45) is 3.22. The fraction of sp³-hybridized carbons (Fsp3) is 0.250. The number of hydrogen-bond acceptors (Lipinski definition) is 5. The highest BCUT2D eigenvalue weighted by atomic mass is 35.5. The molecule has 1 N–H and O–H groups in total. The summed E-state index contributed by atoms with van der Waals surface area (Å²) in [7, 11) is 0. The molecule has 2 aromatic heterocycles. The molecule has 3 rings (SSSR count). The van der Waals surface area contributed by atoms with Crippen LogP contribution in [-0.2, 0) is 6.54 Å². The number of aryl methyl sites for hydroxylation is 1. The van der Waals surface area contributed by atoms with Crippen molar-refractivity contribution in [1.82, 2.24) is 25.2 Å². The van der Waals surface area contributed by atoms with Gasteiger partial charge in [-0.3, -0.25) is 9.48 Å². The highest BCUT2D eigenvalue weighted by molar-refractivity contribution is 6.30. The molecule has 1 aromatic carbocycles. The highest BCUT2D eigenvalue weighted by Gasteiger charge is 2.18. The zero-order valence-corrected chi connectivity index (χ0v) is 14.0. The second-order valence-corrected chi connectivity index (χ2v) is 5.68. The van der Waals surface area contributed by atoms with Crippen molar-refractivity contribution < 1.29 is 9.32 Å². The molecule has 0 bridgehead atoms. The minimum absolute atomic E-state index is 0.236. The van der Waals surface area contributed by atoms with Gasteiger partial charge in [-0.05, 0) is 38.1 Å². The molecular formula is C16H16ClN5O2. The molecule has 0 aliphatic rings. The maximum atomic E-state index is 12.2. The lowest BCUT2D eigenvalue weighted by atomic mass is 10.2. The number of carbonyl (C=O) groups is 1. The fourth-order valence-corrected chi connectivity index (χ4v) is 2.24. The van der Waals surface area contributed by atoms with Crippen LogP contribution in [0.15, 0.2) is 41.2 Å². The fourth-order valence-electron chi connectivity index (χ4n) is 2.12. The Hall–Kier alpha value is -2.67. The first-order chi connectivity index (χ1) is 11.6. The average molecular weight is 346 g/mol. The van der Waals surface area contributed by atoms with E-state index in [1.807, 2.05) is 6.92 Å². The topological polar surface area (TPSA) is 85.8 Å². The maximum absolute atomic E-state index is 12.2. The molecule has 8 heteroatoms. The van der Waals surface area contributed by atoms with Gasteiger partial charge in [-0.1, -0.05) is 16.8 Å². The number of nitrogens with one attached hydrogen (secondary N) is 1. The van der Waals surface area contributed by atoms with E-state index in [2.05, 4.69) is 20.6 Å². The first-order valence-corrected chi connectivity index (χ1v) is 7.87. The van der Waals surface area contributed by atoms with Crippen LogP contribution in [0.1, 0.15) is 36.1 Å². The second kappa shape index (κ2) is 6.84. The number of aromatic nitrogens is 4. The summed E-state index contributed by atoms with van der Waals surface area (Å²) in [4.78, 5) is 16.5. The minimum atomic E-state index is -0.396. The van der Waals surface area contributed by atoms with Crippen molar-refractivity contribution in [2.45, 2.75) is 26.4 Å². The molecule has 0 aliphatic heterocycles. The van der Waals surface area contributed by atoms with Gasteiger partial charge in [0.05, 0.1) is 17.8 Å². The maximum Gasteiger partial charge on any atom is 0.257 e. The monoisotopic (exact) mass is 345 g/mol. The van der Waals surface area contributed by atoms with Gasteiger partial charge in [-0.2, -0.15) is 10.1 Å². The lowest BCUT2D eigenvalue weighted by Crippen LogP contribution is -2.27. The lowest BCUT2D eigenvalue weighted by molar-refractivity contribution is 0.0938. The van der Waals surface area contributed by atoms with E-state index in [0.29, 0.717) is 28.8 Å². The van der Waals surface area contributed by atoms with Crippen LogP contribution in [0.5, 0.6) is 0 Å². The lowest BCUT2D eigenvalue weighted by Gasteiger charge is -2.08. The third-order valence-corrected chi connectivity index (χ3v) is 3.74. The van der Waals surface area contributed by atoms with Crippen LogP contribution in [0.4, 0.5) is 0 Å². The first kappa shape index (κ1) is 16.2. The Morgan fingerprint density at radius 2 is 2.12 bits per heavy atom. The van der Waals surface area contributed by atoms with Crippen LogP contribution in [-0.4, -0.2) is 25.8 Å². The molecule has 0 saturated heterocycles. The van der Waals surface area contributed by atoms with Crippen molar-refractivity contribution in [2.24, 2.45) is 0 Å². The number of carbonyl (C=O) groups excluding carboxylic acids is 1. The molecule has 0 saturated carbocycles. The Balaban J connectivity index is 1.70. The summed E-state index contributed by atoms with van der Waals surface area (Å²) >= 11 is 5.86. The van der Waals surface area contributed by atoms with Gasteiger partial charge in [0, 0.05) is 23.3 Å². The Morgan fingerprint density at radius 3 is 2.79 bits per heavy atom. The van der Waals surface area contributed by atoms with E-state index in [1.54, 1.807) is 42.1 Å². The van der Waals surface area contributed by atoms with Crippen molar-refractivity contribution in [3.05, 3.63) is 53.1 Å². The van der Waals surface area contributed by atoms with E-state index in [4.69, 9.17) is 16.1 Å². The van der Waals surface area contributed by atoms with Gasteiger partial charge in [0.2, 0.25) is 0 Å². The molecule has 2 heterocycles. The van der Waals surface area contributed by atoms with Gasteiger partial charge in [0.25, 0.3) is 11.8 Å². The van der Waals surface area contributed by atoms with Crippen molar-refractivity contribution in [1.29, 1.82) is 0 Å². The molecule has 0 fully saturated rings. The third-order valence-electron chi connectivity index (χ3n) is 3.49. The van der Waals surface area contributed by atoms with Crippen LogP contribution in [0.25, 0.3) is 11.5 Å². The van der Waals surface area contributed by atoms with Crippen molar-refractivity contribution in [3.63, 3.8) is 0 Å². The molecule has 1 amide bonds. The summed E-state index contributed by atoms with van der Waals surface area (Å²) in [5, 5.41) is 11.5. The number of rotatable bonds is 5. The largest absolute Gasteiger partial charge is 0.342 e. The van der Waals surface area contributed by atoms with Gasteiger partial charge >= 0.3 is 0 Å². The standard InChI is InChI=1S/C16H16ClN5O2/c1-3-22-9-12(8-18-22)15(23)19-10(2)14-20-16(24-21-14)11-4-6-13(17)7-5-11/h4-10H,3H2,1-2H3,(H,19,23)/t10-/m1/s1. The number of hydrogen-bond donors (Lipinski definition) is 1. The molecule has 0 spiro atoms. The Labute approximate surface area is 143 Å². The van der Waals surface area contributed by atoms with E-state index in [-0.39, 0.29) is 5.91 Å². The molecule has 124 valence electrons. The Kier molecular flexibility index (Phi) is 4.61. The normalized spacial score (nSPS) is 12.1. The first-order valence-electron chi connectivity index (χ1n) is 7.49. The highest BCUT2D eigenvalue weighted by Crippen LogP contribution is 2.21. The van der Waals surface area contributed by atoms with E-state index >= 15 is 0 Å². The van der Waals surface area contributed by atoms with Crippen molar-refractivity contribution >= 4 is 17.5 Å². The van der Waals surface area contributed by atoms with Crippen molar-refractivity contribution in [2.75, 3.05) is 0 Å². The van der Waals surface area contributed by atoms with Gasteiger partial charge in [-0.25, -0.2) is 0 Å². The molecule has 24 heavy (non-hydrogen) atoms. The number of benzene rings is 1. The number of amides is 1. The van der Waals surface area contributed by atoms with Crippen LogP contribution in [0.3, 0.4) is 0 Å². The average Bonchev–Trinajstić information content (AvgIpc) is 3.25. The number of halogens is 1. The molecule has 1 atom stereocenters. The summed E-state index contributed by atoms with van der Waals surface area (Å²) < 4.78 is 6.94. The third kappa shape index (κ3) is 3.46. The smallest absolute Gasteiger partial charge is 0.257 e. The number of nitrogens with zero attached hydrogens (tertiary/aromatic N) is 4. The summed E-state index contributed by atoms with van der Waals surface area (Å²) in [6, 6.07) is 6.69. The second-order valence-electron chi connectivity index (χ2n) is 5.24. The van der Waals surface area contributed by atoms with Crippen molar-refractivity contribution in [3.8, 4) is 11.5 Å². The molecule has 0 aliphatic carbocycles. The Bertz CT molecular complexity index is 840. The molecular weight excluding hydrogens is 330 g/mol. The summed E-state index contributed by atoms with van der Waals surface area (Å²) in [5.74, 6) is 0.540. The van der Waals surface area contributed by atoms with E-state index in [9.17, 15) is 4.79 Å². The minimum Gasteiger partial charge on any atom is -0.342 e. The van der Waals surface area contributed by atoms with E-state index in [1.165, 1.54) is 6.20 Å². The molecule has 0 radical (unpaired) electrons. The van der Waals surface area contributed by atoms with E-state index in [0.717, 1.165) is 5.56 Å². The molecule has 0 unspecified atom stereocenters. The zero-order valence-electron chi connectivity index (χ0n) is 13.2. The zero-order chi connectivity index (χ0) is 17.1. The SMILES string of the molecule is CCn1cc(C(=O)N[C@H](C)c2noc(-c3ccc(Cl)cc3)n2)cn1. The van der Waals surface area contributed by atoms with Gasteiger partial charge in [0.15, 0.2) is 5.82 Å². The predicted octanol–water partition coefficient (Wildman–Crippen LogP) is 3.10. The van der Waals surface area contributed by atoms with Gasteiger partial charge in [0.1, 0.15) is 0 Å². The molecule has 7 nitrogen and oxygen atoms in total. The van der Waals surface area contributed by atoms with Crippen LogP contribution in [0.2, 0.25) is 5.02 Å². The summed E-state index contributed by atoms with van der Waals surface area (Å²) in [6.45, 7) is 4.45. The van der Waals surface area contributed by atoms with Crippen LogP contribution in [0, 0.1) is 0 Å². The van der Waals surface area contributed by atoms with Crippen LogP contribution < -0.4 is 5.32 Å². The van der Waals surface area contributed by atoms with E-state index < -0.39 is 6.04 Å². The summed E-state index contributed by atoms with van der Waals surface area (Å²) in [5.41, 5.74) is 1.26. The van der Waals surface area contributed by atoms with Gasteiger partial charge < -0.3 is 9.84 Å². The Morgan fingerprint density at radius 1 is 1.38 bits per heavy atom.